The maximum absolute atomic E-state index is 12.9. The number of aryl methyl sites for hydroxylation is 1. The van der Waals surface area contributed by atoms with Gasteiger partial charge in [0.1, 0.15) is 12.4 Å². The van der Waals surface area contributed by atoms with Gasteiger partial charge in [-0.15, -0.1) is 0 Å². The Hall–Kier alpha value is -3.26. The van der Waals surface area contributed by atoms with E-state index in [9.17, 15) is 9.59 Å². The molecule has 2 aromatic carbocycles. The highest BCUT2D eigenvalue weighted by Crippen LogP contribution is 2.31. The molecule has 1 fully saturated rings. The topological polar surface area (TPSA) is 81.5 Å². The maximum Gasteiger partial charge on any atom is 0.279 e. The lowest BCUT2D eigenvalue weighted by Crippen LogP contribution is -3.15. The molecule has 1 atom stereocenters. The molecule has 0 bridgehead atoms. The van der Waals surface area contributed by atoms with Crippen LogP contribution in [0.25, 0.3) is 0 Å². The molecule has 0 saturated carbocycles. The van der Waals surface area contributed by atoms with Crippen LogP contribution in [-0.2, 0) is 9.59 Å². The summed E-state index contributed by atoms with van der Waals surface area (Å²) in [6, 6.07) is 13.0. The van der Waals surface area contributed by atoms with E-state index in [1.54, 1.807) is 18.1 Å². The number of hydrogen-bond acceptors (Lipinski definition) is 5. The van der Waals surface area contributed by atoms with Crippen LogP contribution >= 0.6 is 0 Å². The van der Waals surface area contributed by atoms with Gasteiger partial charge >= 0.3 is 0 Å². The molecule has 4 rings (SSSR count). The number of benzene rings is 2. The Balaban J connectivity index is 1.27. The Kier molecular flexibility index (Phi) is 6.27. The zero-order valence-electron chi connectivity index (χ0n) is 17.8. The fraction of sp³-hybridized carbons (Fsp3) is 0.391. The number of nitrogens with one attached hydrogen (secondary N) is 2. The van der Waals surface area contributed by atoms with Crippen LogP contribution in [0.3, 0.4) is 0 Å². The molecule has 2 amide bonds. The molecule has 2 aromatic rings. The number of quaternary nitrogens is 1. The number of ether oxygens (including phenoxy) is 3. The number of para-hydroxylation sites is 2. The van der Waals surface area contributed by atoms with E-state index in [4.69, 9.17) is 14.2 Å². The van der Waals surface area contributed by atoms with Crippen molar-refractivity contribution in [3.8, 4) is 17.2 Å². The van der Waals surface area contributed by atoms with Crippen molar-refractivity contribution in [2.45, 2.75) is 13.0 Å². The number of carbonyl (C=O) groups is 2. The molecular formula is C23H28N3O5+. The average molecular weight is 426 g/mol. The number of fused-ring (bicyclic) bond motifs is 1. The third-order valence-electron chi connectivity index (χ3n) is 5.61. The first-order chi connectivity index (χ1) is 15.0. The lowest BCUT2D eigenvalue weighted by molar-refractivity contribution is -0.895. The van der Waals surface area contributed by atoms with Gasteiger partial charge in [0.05, 0.1) is 39.0 Å². The second-order valence-electron chi connectivity index (χ2n) is 7.87. The summed E-state index contributed by atoms with van der Waals surface area (Å²) < 4.78 is 16.8. The minimum absolute atomic E-state index is 0.0671. The molecule has 0 aromatic heterocycles. The quantitative estimate of drug-likeness (QED) is 0.728. The Morgan fingerprint density at radius 1 is 1.16 bits per heavy atom. The van der Waals surface area contributed by atoms with Gasteiger partial charge < -0.3 is 29.3 Å². The SMILES string of the molecule is COc1ccc(C)cc1NC(=O)C[NH+]1CCN(C(=O)[C@H]2COc3ccccc3O2)CC1. The first-order valence-electron chi connectivity index (χ1n) is 10.5. The second kappa shape index (κ2) is 9.26. The fourth-order valence-corrected chi connectivity index (χ4v) is 3.91. The molecule has 0 aliphatic carbocycles. The van der Waals surface area contributed by atoms with Gasteiger partial charge in [-0.1, -0.05) is 18.2 Å². The first-order valence-corrected chi connectivity index (χ1v) is 10.5. The molecule has 0 spiro atoms. The summed E-state index contributed by atoms with van der Waals surface area (Å²) in [5, 5.41) is 2.94. The van der Waals surface area contributed by atoms with Crippen molar-refractivity contribution in [2.75, 3.05) is 51.8 Å². The summed E-state index contributed by atoms with van der Waals surface area (Å²) in [5.74, 6) is 1.76. The van der Waals surface area contributed by atoms with Crippen LogP contribution in [0.15, 0.2) is 42.5 Å². The van der Waals surface area contributed by atoms with Gasteiger partial charge in [-0.2, -0.15) is 0 Å². The van der Waals surface area contributed by atoms with Crippen molar-refractivity contribution < 1.29 is 28.7 Å². The molecule has 2 N–H and O–H groups in total. The number of piperazine rings is 1. The van der Waals surface area contributed by atoms with Gasteiger partial charge in [0.2, 0.25) is 6.10 Å². The summed E-state index contributed by atoms with van der Waals surface area (Å²) in [5.41, 5.74) is 1.72. The number of nitrogens with zero attached hydrogens (tertiary/aromatic N) is 1. The van der Waals surface area contributed by atoms with Crippen LogP contribution in [0, 0.1) is 6.92 Å². The smallest absolute Gasteiger partial charge is 0.279 e. The summed E-state index contributed by atoms with van der Waals surface area (Å²) in [6.45, 7) is 5.09. The molecule has 1 saturated heterocycles. The van der Waals surface area contributed by atoms with E-state index in [-0.39, 0.29) is 18.4 Å². The van der Waals surface area contributed by atoms with Crippen molar-refractivity contribution in [2.24, 2.45) is 0 Å². The molecule has 8 heteroatoms. The molecule has 164 valence electrons. The summed E-state index contributed by atoms with van der Waals surface area (Å²) in [7, 11) is 1.58. The Labute approximate surface area is 181 Å². The van der Waals surface area contributed by atoms with Crippen LogP contribution < -0.4 is 24.4 Å². The molecule has 2 heterocycles. The van der Waals surface area contributed by atoms with Crippen LogP contribution in [0.5, 0.6) is 17.2 Å². The van der Waals surface area contributed by atoms with E-state index in [2.05, 4.69) is 5.32 Å². The number of hydrogen-bond donors (Lipinski definition) is 2. The maximum atomic E-state index is 12.9. The number of carbonyl (C=O) groups excluding carboxylic acids is 2. The first kappa shape index (κ1) is 21.0. The van der Waals surface area contributed by atoms with Crippen LogP contribution in [-0.4, -0.2) is 69.3 Å². The van der Waals surface area contributed by atoms with E-state index >= 15 is 0 Å². The van der Waals surface area contributed by atoms with Crippen molar-refractivity contribution in [3.63, 3.8) is 0 Å². The van der Waals surface area contributed by atoms with E-state index in [0.717, 1.165) is 10.5 Å². The monoisotopic (exact) mass is 426 g/mol. The van der Waals surface area contributed by atoms with Gasteiger partial charge in [-0.25, -0.2) is 0 Å². The van der Waals surface area contributed by atoms with E-state index in [0.29, 0.717) is 55.7 Å². The Bertz CT molecular complexity index is 956. The number of methoxy groups -OCH3 is 1. The lowest BCUT2D eigenvalue weighted by atomic mass is 10.2. The highest BCUT2D eigenvalue weighted by molar-refractivity contribution is 5.93. The summed E-state index contributed by atoms with van der Waals surface area (Å²) in [6.07, 6.45) is -0.631. The minimum Gasteiger partial charge on any atom is -0.495 e. The van der Waals surface area contributed by atoms with Crippen LogP contribution in [0.2, 0.25) is 0 Å². The van der Waals surface area contributed by atoms with Crippen molar-refractivity contribution in [1.82, 2.24) is 4.90 Å². The van der Waals surface area contributed by atoms with E-state index in [1.807, 2.05) is 43.3 Å². The van der Waals surface area contributed by atoms with Crippen molar-refractivity contribution in [1.29, 1.82) is 0 Å². The average Bonchev–Trinajstić information content (AvgIpc) is 2.79. The zero-order valence-corrected chi connectivity index (χ0v) is 17.8. The molecule has 8 nitrogen and oxygen atoms in total. The van der Waals surface area contributed by atoms with Crippen LogP contribution in [0.4, 0.5) is 5.69 Å². The third-order valence-corrected chi connectivity index (χ3v) is 5.61. The van der Waals surface area contributed by atoms with E-state index < -0.39 is 6.10 Å². The third kappa shape index (κ3) is 4.91. The lowest BCUT2D eigenvalue weighted by Gasteiger charge is -2.35. The predicted molar refractivity (Wildman–Crippen MR) is 115 cm³/mol. The number of anilines is 1. The molecule has 2 aliphatic rings. The molecular weight excluding hydrogens is 398 g/mol. The largest absolute Gasteiger partial charge is 0.495 e. The summed E-state index contributed by atoms with van der Waals surface area (Å²) in [4.78, 5) is 28.3. The normalized spacial score (nSPS) is 18.4. The number of amides is 2. The van der Waals surface area contributed by atoms with Gasteiger partial charge in [-0.05, 0) is 36.8 Å². The van der Waals surface area contributed by atoms with Crippen LogP contribution in [0.1, 0.15) is 5.56 Å². The molecule has 0 unspecified atom stereocenters. The Morgan fingerprint density at radius 3 is 2.65 bits per heavy atom. The summed E-state index contributed by atoms with van der Waals surface area (Å²) >= 11 is 0. The van der Waals surface area contributed by atoms with Gasteiger partial charge in [0.25, 0.3) is 11.8 Å². The fourth-order valence-electron chi connectivity index (χ4n) is 3.91. The van der Waals surface area contributed by atoms with Gasteiger partial charge in [-0.3, -0.25) is 9.59 Å². The predicted octanol–water partition coefficient (Wildman–Crippen LogP) is 0.509. The zero-order chi connectivity index (χ0) is 21.8. The van der Waals surface area contributed by atoms with Gasteiger partial charge in [0.15, 0.2) is 18.0 Å². The van der Waals surface area contributed by atoms with Crippen molar-refractivity contribution in [3.05, 3.63) is 48.0 Å². The minimum atomic E-state index is -0.631. The molecule has 0 radical (unpaired) electrons. The molecule has 31 heavy (non-hydrogen) atoms. The highest BCUT2D eigenvalue weighted by Gasteiger charge is 2.34. The highest BCUT2D eigenvalue weighted by atomic mass is 16.6. The standard InChI is InChI=1S/C23H27N3O5/c1-16-7-8-18(29-2)17(13-16)24-22(27)14-25-9-11-26(12-10-25)23(28)21-15-30-19-5-3-4-6-20(19)31-21/h3-8,13,21H,9-12,14-15H2,1-2H3,(H,24,27)/p+1/t21-/m1/s1. The number of rotatable bonds is 5. The Morgan fingerprint density at radius 2 is 1.90 bits per heavy atom. The second-order valence-corrected chi connectivity index (χ2v) is 7.87. The molecule has 2 aliphatic heterocycles. The van der Waals surface area contributed by atoms with Gasteiger partial charge in [0, 0.05) is 0 Å². The van der Waals surface area contributed by atoms with E-state index in [1.165, 1.54) is 0 Å². The van der Waals surface area contributed by atoms with Crippen molar-refractivity contribution >= 4 is 17.5 Å².